The maximum atomic E-state index is 12.7. The van der Waals surface area contributed by atoms with Gasteiger partial charge in [0.1, 0.15) is 18.2 Å². The molecule has 0 aliphatic heterocycles. The first kappa shape index (κ1) is 26.4. The van der Waals surface area contributed by atoms with Gasteiger partial charge in [-0.05, 0) is 69.0 Å². The minimum atomic E-state index is -0.699. The molecule has 9 heteroatoms. The van der Waals surface area contributed by atoms with Crippen molar-refractivity contribution >= 4 is 50.1 Å². The van der Waals surface area contributed by atoms with Crippen molar-refractivity contribution in [1.82, 2.24) is 0 Å². The molecule has 0 saturated heterocycles. The van der Waals surface area contributed by atoms with Gasteiger partial charge in [-0.25, -0.2) is 0 Å². The van der Waals surface area contributed by atoms with Crippen LogP contribution in [0.2, 0.25) is 0 Å². The van der Waals surface area contributed by atoms with E-state index in [0.29, 0.717) is 28.1 Å². The molecule has 0 aromatic heterocycles. The van der Waals surface area contributed by atoms with Crippen molar-refractivity contribution in [3.63, 3.8) is 0 Å². The quantitative estimate of drug-likeness (QED) is 0.106. The fraction of sp³-hybridized carbons (Fsp3) is 0.103. The molecule has 190 valence electrons. The van der Waals surface area contributed by atoms with Crippen molar-refractivity contribution in [2.24, 2.45) is 0 Å². The number of benzene rings is 4. The molecule has 0 heterocycles. The van der Waals surface area contributed by atoms with Crippen LogP contribution < -0.4 is 14.8 Å². The van der Waals surface area contributed by atoms with Gasteiger partial charge in [0.15, 0.2) is 11.5 Å². The lowest BCUT2D eigenvalue weighted by Gasteiger charge is -2.16. The molecule has 0 bridgehead atoms. The monoisotopic (exact) mass is 571 g/mol. The Morgan fingerprint density at radius 1 is 1.13 bits per heavy atom. The number of nitro benzene ring substituents is 1. The van der Waals surface area contributed by atoms with E-state index in [1.54, 1.807) is 12.1 Å². The number of hydrogen-bond donors (Lipinski definition) is 1. The van der Waals surface area contributed by atoms with E-state index in [1.807, 2.05) is 25.1 Å². The van der Waals surface area contributed by atoms with Crippen LogP contribution in [0.1, 0.15) is 16.7 Å². The summed E-state index contributed by atoms with van der Waals surface area (Å²) in [6.07, 6.45) is 1.40. The summed E-state index contributed by atoms with van der Waals surface area (Å²) in [6, 6.07) is 23.0. The average Bonchev–Trinajstić information content (AvgIpc) is 2.91. The van der Waals surface area contributed by atoms with Crippen LogP contribution in [0, 0.1) is 28.4 Å². The number of amides is 1. The Morgan fingerprint density at radius 3 is 2.66 bits per heavy atom. The van der Waals surface area contributed by atoms with Gasteiger partial charge in [-0.3, -0.25) is 14.9 Å². The zero-order valence-corrected chi connectivity index (χ0v) is 22.1. The number of nitro groups is 1. The molecule has 1 N–H and O–H groups in total. The third kappa shape index (κ3) is 5.82. The molecule has 1 amide bonds. The number of methoxy groups -OCH3 is 1. The van der Waals surface area contributed by atoms with Gasteiger partial charge in [-0.2, -0.15) is 5.26 Å². The summed E-state index contributed by atoms with van der Waals surface area (Å²) in [5.74, 6) is 0.200. The number of carbonyl (C=O) groups is 1. The smallest absolute Gasteiger partial charge is 0.271 e. The van der Waals surface area contributed by atoms with E-state index in [4.69, 9.17) is 9.47 Å². The van der Waals surface area contributed by atoms with Crippen LogP contribution >= 0.6 is 15.9 Å². The van der Waals surface area contributed by atoms with Crippen LogP contribution in [0.4, 0.5) is 11.4 Å². The lowest BCUT2D eigenvalue weighted by atomic mass is 10.0. The zero-order valence-electron chi connectivity index (χ0n) is 20.5. The maximum Gasteiger partial charge on any atom is 0.271 e. The summed E-state index contributed by atoms with van der Waals surface area (Å²) < 4.78 is 12.3. The second-order valence-electron chi connectivity index (χ2n) is 8.34. The number of nitriles is 1. The van der Waals surface area contributed by atoms with E-state index in [0.717, 1.165) is 21.9 Å². The van der Waals surface area contributed by atoms with Gasteiger partial charge in [0.25, 0.3) is 11.6 Å². The molecule has 8 nitrogen and oxygen atoms in total. The third-order valence-corrected chi connectivity index (χ3v) is 6.47. The summed E-state index contributed by atoms with van der Waals surface area (Å²) in [6.45, 7) is 2.35. The Morgan fingerprint density at radius 2 is 1.92 bits per heavy atom. The number of ether oxygens (including phenoxy) is 2. The van der Waals surface area contributed by atoms with Crippen molar-refractivity contribution < 1.29 is 19.2 Å². The number of anilines is 1. The molecule has 0 unspecified atom stereocenters. The minimum Gasteiger partial charge on any atom is -0.493 e. The Labute approximate surface area is 227 Å². The summed E-state index contributed by atoms with van der Waals surface area (Å²) in [5.41, 5.74) is 2.53. The van der Waals surface area contributed by atoms with Crippen LogP contribution in [0.25, 0.3) is 16.8 Å². The van der Waals surface area contributed by atoms with Gasteiger partial charge < -0.3 is 14.8 Å². The summed E-state index contributed by atoms with van der Waals surface area (Å²) in [7, 11) is 1.51. The topological polar surface area (TPSA) is 114 Å². The fourth-order valence-electron chi connectivity index (χ4n) is 3.95. The molecule has 0 aliphatic carbocycles. The molecule has 0 spiro atoms. The second-order valence-corrected chi connectivity index (χ2v) is 9.19. The number of carbonyl (C=O) groups excluding carboxylic acids is 1. The molecule has 0 aliphatic rings. The normalized spacial score (nSPS) is 11.1. The maximum absolute atomic E-state index is 12.7. The lowest BCUT2D eigenvalue weighted by molar-refractivity contribution is -0.384. The van der Waals surface area contributed by atoms with Crippen LogP contribution in [0.15, 0.2) is 82.8 Å². The SMILES string of the molecule is COc1cc(/C=C(\C#N)C(=O)Nc2cccc([N+](=O)[O-])c2)cc(Br)c1OCc1c(C)ccc2ccccc12. The summed E-state index contributed by atoms with van der Waals surface area (Å²) >= 11 is 3.52. The second kappa shape index (κ2) is 11.6. The Bertz CT molecular complexity index is 1620. The molecule has 38 heavy (non-hydrogen) atoms. The average molecular weight is 572 g/mol. The van der Waals surface area contributed by atoms with Gasteiger partial charge >= 0.3 is 0 Å². The van der Waals surface area contributed by atoms with Crippen molar-refractivity contribution in [3.8, 4) is 17.6 Å². The largest absolute Gasteiger partial charge is 0.493 e. The predicted octanol–water partition coefficient (Wildman–Crippen LogP) is 6.95. The molecule has 4 aromatic carbocycles. The van der Waals surface area contributed by atoms with Crippen molar-refractivity contribution in [1.29, 1.82) is 5.26 Å². The lowest BCUT2D eigenvalue weighted by Crippen LogP contribution is -2.13. The Balaban J connectivity index is 1.58. The Hall–Kier alpha value is -4.68. The molecule has 0 radical (unpaired) electrons. The van der Waals surface area contributed by atoms with E-state index >= 15 is 0 Å². The van der Waals surface area contributed by atoms with Gasteiger partial charge in [0, 0.05) is 23.4 Å². The first-order valence-corrected chi connectivity index (χ1v) is 12.2. The number of halogens is 1. The molecule has 0 fully saturated rings. The predicted molar refractivity (Wildman–Crippen MR) is 149 cm³/mol. The third-order valence-electron chi connectivity index (χ3n) is 5.88. The number of aryl methyl sites for hydroxylation is 1. The Kier molecular flexibility index (Phi) is 8.04. The van der Waals surface area contributed by atoms with E-state index in [2.05, 4.69) is 45.5 Å². The molecule has 4 aromatic rings. The first-order chi connectivity index (χ1) is 18.3. The van der Waals surface area contributed by atoms with Crippen molar-refractivity contribution in [2.45, 2.75) is 13.5 Å². The van der Waals surface area contributed by atoms with E-state index in [1.165, 1.54) is 37.5 Å². The molecule has 0 atom stereocenters. The highest BCUT2D eigenvalue weighted by Crippen LogP contribution is 2.38. The van der Waals surface area contributed by atoms with Crippen LogP contribution in [-0.4, -0.2) is 17.9 Å². The zero-order chi connectivity index (χ0) is 27.2. The number of rotatable bonds is 8. The number of nitrogens with one attached hydrogen (secondary N) is 1. The minimum absolute atomic E-state index is 0.173. The fourth-order valence-corrected chi connectivity index (χ4v) is 4.53. The van der Waals surface area contributed by atoms with E-state index in [-0.39, 0.29) is 16.9 Å². The first-order valence-electron chi connectivity index (χ1n) is 11.5. The van der Waals surface area contributed by atoms with Gasteiger partial charge in [-0.1, -0.05) is 42.5 Å². The molecule has 4 rings (SSSR count). The van der Waals surface area contributed by atoms with Crippen molar-refractivity contribution in [2.75, 3.05) is 12.4 Å². The highest BCUT2D eigenvalue weighted by Gasteiger charge is 2.16. The molecular weight excluding hydrogens is 550 g/mol. The summed E-state index contributed by atoms with van der Waals surface area (Å²) in [5, 5.41) is 25.3. The highest BCUT2D eigenvalue weighted by molar-refractivity contribution is 9.10. The van der Waals surface area contributed by atoms with Crippen molar-refractivity contribution in [3.05, 3.63) is 110 Å². The van der Waals surface area contributed by atoms with Crippen LogP contribution in [0.3, 0.4) is 0 Å². The highest BCUT2D eigenvalue weighted by atomic mass is 79.9. The molecular formula is C29H22BrN3O5. The number of fused-ring (bicyclic) bond motifs is 1. The number of hydrogen-bond acceptors (Lipinski definition) is 6. The summed E-state index contributed by atoms with van der Waals surface area (Å²) in [4.78, 5) is 23.1. The number of non-ortho nitro benzene ring substituents is 1. The number of nitrogens with zero attached hydrogens (tertiary/aromatic N) is 2. The van der Waals surface area contributed by atoms with Gasteiger partial charge in [-0.15, -0.1) is 0 Å². The molecule has 0 saturated carbocycles. The standard InChI is InChI=1S/C29H22BrN3O5/c1-18-10-11-20-6-3-4-9-24(20)25(18)17-38-28-26(30)13-19(14-27(28)37-2)12-21(16-31)29(34)32-22-7-5-8-23(15-22)33(35)36/h3-15H,17H2,1-2H3,(H,32,34)/b21-12+. The van der Waals surface area contributed by atoms with Gasteiger partial charge in [0.05, 0.1) is 16.5 Å². The van der Waals surface area contributed by atoms with E-state index < -0.39 is 10.8 Å². The van der Waals surface area contributed by atoms with Crippen LogP contribution in [-0.2, 0) is 11.4 Å². The van der Waals surface area contributed by atoms with Crippen LogP contribution in [0.5, 0.6) is 11.5 Å². The van der Waals surface area contributed by atoms with E-state index in [9.17, 15) is 20.2 Å². The van der Waals surface area contributed by atoms with Gasteiger partial charge in [0.2, 0.25) is 0 Å².